The minimum Gasteiger partial charge on any atom is -0.506 e. The first-order valence-electron chi connectivity index (χ1n) is 6.58. The van der Waals surface area contributed by atoms with E-state index < -0.39 is 11.4 Å². The Morgan fingerprint density at radius 2 is 2.00 bits per heavy atom. The third kappa shape index (κ3) is 2.71. The molecule has 104 valence electrons. The van der Waals surface area contributed by atoms with Crippen LogP contribution in [-0.2, 0) is 24.1 Å². The molecule has 3 nitrogen and oxygen atoms in total. The topological polar surface area (TPSA) is 57.5 Å². The van der Waals surface area contributed by atoms with Gasteiger partial charge in [0, 0.05) is 0 Å². The van der Waals surface area contributed by atoms with Gasteiger partial charge in [-0.25, -0.2) is 0 Å². The van der Waals surface area contributed by atoms with Gasteiger partial charge >= 0.3 is 5.97 Å². The van der Waals surface area contributed by atoms with E-state index in [0.717, 1.165) is 42.4 Å². The second-order valence-electron chi connectivity index (χ2n) is 5.90. The van der Waals surface area contributed by atoms with Gasteiger partial charge in [0.25, 0.3) is 0 Å². The van der Waals surface area contributed by atoms with Gasteiger partial charge in [-0.3, -0.25) is 4.79 Å². The molecular weight excluding hydrogens is 264 g/mol. The molecule has 0 aromatic heterocycles. The van der Waals surface area contributed by atoms with Gasteiger partial charge in [0.15, 0.2) is 0 Å². The lowest BCUT2D eigenvalue weighted by Crippen LogP contribution is -2.27. The number of phenolic OH excluding ortho intramolecular Hbond substituents is 1. The molecule has 2 N–H and O–H groups in total. The zero-order valence-electron chi connectivity index (χ0n) is 11.3. The Morgan fingerprint density at radius 1 is 1.37 bits per heavy atom. The number of hydrogen-bond donors (Lipinski definition) is 2. The highest BCUT2D eigenvalue weighted by Gasteiger charge is 2.31. The highest BCUT2D eigenvalue weighted by atomic mass is 35.5. The second kappa shape index (κ2) is 5.04. The standard InChI is InChI=1S/C15H19ClO3/c1-15(2,14(18)19)8-11-10-6-4-3-5-9(10)7-12(16)13(11)17/h7,17H,3-6,8H2,1-2H3,(H,18,19). The largest absolute Gasteiger partial charge is 0.506 e. The van der Waals surface area contributed by atoms with Crippen LogP contribution < -0.4 is 0 Å². The Labute approximate surface area is 118 Å². The van der Waals surface area contributed by atoms with Gasteiger partial charge in [0.2, 0.25) is 0 Å². The van der Waals surface area contributed by atoms with Gasteiger partial charge in [-0.05, 0) is 68.7 Å². The van der Waals surface area contributed by atoms with E-state index >= 15 is 0 Å². The van der Waals surface area contributed by atoms with Crippen LogP contribution in [0.3, 0.4) is 0 Å². The number of aliphatic carboxylic acids is 1. The van der Waals surface area contributed by atoms with Crippen molar-refractivity contribution < 1.29 is 15.0 Å². The maximum absolute atomic E-state index is 11.3. The fourth-order valence-electron chi connectivity index (χ4n) is 2.65. The minimum absolute atomic E-state index is 0.0524. The molecule has 0 atom stereocenters. The van der Waals surface area contributed by atoms with Gasteiger partial charge in [0.1, 0.15) is 5.75 Å². The molecule has 0 aliphatic heterocycles. The van der Waals surface area contributed by atoms with Crippen molar-refractivity contribution >= 4 is 17.6 Å². The van der Waals surface area contributed by atoms with Crippen molar-refractivity contribution in [3.63, 3.8) is 0 Å². The predicted octanol–water partition coefficient (Wildman–Crippen LogP) is 3.58. The molecule has 0 saturated carbocycles. The van der Waals surface area contributed by atoms with Crippen LogP contribution in [0.25, 0.3) is 0 Å². The summed E-state index contributed by atoms with van der Waals surface area (Å²) in [6, 6.07) is 1.82. The van der Waals surface area contributed by atoms with Crippen molar-refractivity contribution in [3.05, 3.63) is 27.8 Å². The lowest BCUT2D eigenvalue weighted by atomic mass is 9.79. The molecule has 0 radical (unpaired) electrons. The summed E-state index contributed by atoms with van der Waals surface area (Å²) < 4.78 is 0. The fourth-order valence-corrected chi connectivity index (χ4v) is 2.89. The van der Waals surface area contributed by atoms with E-state index in [1.54, 1.807) is 13.8 Å². The van der Waals surface area contributed by atoms with Gasteiger partial charge in [-0.15, -0.1) is 0 Å². The monoisotopic (exact) mass is 282 g/mol. The summed E-state index contributed by atoms with van der Waals surface area (Å²) >= 11 is 6.06. The molecule has 0 bridgehead atoms. The highest BCUT2D eigenvalue weighted by molar-refractivity contribution is 6.32. The zero-order valence-corrected chi connectivity index (χ0v) is 12.0. The number of carbonyl (C=O) groups is 1. The van der Waals surface area contributed by atoms with Crippen LogP contribution in [0.2, 0.25) is 5.02 Å². The highest BCUT2D eigenvalue weighted by Crippen LogP contribution is 2.39. The van der Waals surface area contributed by atoms with Crippen LogP contribution in [0.15, 0.2) is 6.07 Å². The molecule has 19 heavy (non-hydrogen) atoms. The summed E-state index contributed by atoms with van der Waals surface area (Å²) in [5.41, 5.74) is 2.07. The van der Waals surface area contributed by atoms with Crippen molar-refractivity contribution in [2.24, 2.45) is 5.41 Å². The average molecular weight is 283 g/mol. The molecule has 0 fully saturated rings. The molecule has 0 amide bonds. The smallest absolute Gasteiger partial charge is 0.309 e. The van der Waals surface area contributed by atoms with Crippen molar-refractivity contribution in [1.29, 1.82) is 0 Å². The first kappa shape index (κ1) is 14.2. The van der Waals surface area contributed by atoms with Crippen LogP contribution in [0, 0.1) is 5.41 Å². The van der Waals surface area contributed by atoms with Crippen molar-refractivity contribution in [2.75, 3.05) is 0 Å². The van der Waals surface area contributed by atoms with Crippen molar-refractivity contribution in [2.45, 2.75) is 46.0 Å². The molecule has 1 aromatic carbocycles. The number of halogens is 1. The molecule has 1 aliphatic rings. The Kier molecular flexibility index (Phi) is 3.77. The molecule has 0 heterocycles. The van der Waals surface area contributed by atoms with Crippen LogP contribution in [0.5, 0.6) is 5.75 Å². The molecule has 0 spiro atoms. The number of aromatic hydroxyl groups is 1. The molecule has 2 rings (SSSR count). The Morgan fingerprint density at radius 3 is 2.63 bits per heavy atom. The van der Waals surface area contributed by atoms with Gasteiger partial charge in [-0.2, -0.15) is 0 Å². The predicted molar refractivity (Wildman–Crippen MR) is 74.9 cm³/mol. The lowest BCUT2D eigenvalue weighted by molar-refractivity contribution is -0.146. The maximum atomic E-state index is 11.3. The summed E-state index contributed by atoms with van der Waals surface area (Å²) in [7, 11) is 0. The van der Waals surface area contributed by atoms with Gasteiger partial charge < -0.3 is 10.2 Å². The van der Waals surface area contributed by atoms with Gasteiger partial charge in [0.05, 0.1) is 10.4 Å². The molecule has 0 unspecified atom stereocenters. The third-order valence-corrected chi connectivity index (χ3v) is 4.17. The number of rotatable bonds is 3. The number of phenols is 1. The van der Waals surface area contributed by atoms with E-state index in [2.05, 4.69) is 0 Å². The van der Waals surface area contributed by atoms with E-state index in [9.17, 15) is 15.0 Å². The average Bonchev–Trinajstić information content (AvgIpc) is 2.34. The van der Waals surface area contributed by atoms with E-state index in [-0.39, 0.29) is 5.75 Å². The Hall–Kier alpha value is -1.22. The molecular formula is C15H19ClO3. The van der Waals surface area contributed by atoms with Crippen LogP contribution in [-0.4, -0.2) is 16.2 Å². The van der Waals surface area contributed by atoms with Crippen LogP contribution in [0.4, 0.5) is 0 Å². The quantitative estimate of drug-likeness (QED) is 0.891. The van der Waals surface area contributed by atoms with Crippen molar-refractivity contribution in [1.82, 2.24) is 0 Å². The number of carboxylic acid groups (broad SMARTS) is 1. The minimum atomic E-state index is -0.909. The van der Waals surface area contributed by atoms with Crippen LogP contribution in [0.1, 0.15) is 43.4 Å². The normalized spacial score (nSPS) is 15.1. The number of hydrogen-bond acceptors (Lipinski definition) is 2. The number of fused-ring (bicyclic) bond motifs is 1. The summed E-state index contributed by atoms with van der Waals surface area (Å²) in [6.07, 6.45) is 4.35. The second-order valence-corrected chi connectivity index (χ2v) is 6.30. The van der Waals surface area contributed by atoms with E-state index in [0.29, 0.717) is 11.4 Å². The molecule has 0 saturated heterocycles. The molecule has 1 aromatic rings. The van der Waals surface area contributed by atoms with Crippen LogP contribution >= 0.6 is 11.6 Å². The SMILES string of the molecule is CC(C)(Cc1c(O)c(Cl)cc2c1CCCC2)C(=O)O. The lowest BCUT2D eigenvalue weighted by Gasteiger charge is -2.26. The molecule has 4 heteroatoms. The third-order valence-electron chi connectivity index (χ3n) is 3.89. The summed E-state index contributed by atoms with van der Waals surface area (Å²) in [5, 5.41) is 19.8. The summed E-state index contributed by atoms with van der Waals surface area (Å²) in [4.78, 5) is 11.3. The zero-order chi connectivity index (χ0) is 14.2. The fraction of sp³-hybridized carbons (Fsp3) is 0.533. The Balaban J connectivity index is 2.49. The van der Waals surface area contributed by atoms with E-state index in [4.69, 9.17) is 11.6 Å². The van der Waals surface area contributed by atoms with Crippen molar-refractivity contribution in [3.8, 4) is 5.75 Å². The Bertz CT molecular complexity index is 521. The van der Waals surface area contributed by atoms with E-state index in [1.165, 1.54) is 0 Å². The van der Waals surface area contributed by atoms with Gasteiger partial charge in [-0.1, -0.05) is 11.6 Å². The first-order chi connectivity index (χ1) is 8.83. The van der Waals surface area contributed by atoms with E-state index in [1.807, 2.05) is 6.07 Å². The number of carboxylic acids is 1. The summed E-state index contributed by atoms with van der Waals surface area (Å²) in [5.74, 6) is -0.812. The summed E-state index contributed by atoms with van der Waals surface area (Å²) in [6.45, 7) is 3.34. The number of benzene rings is 1. The molecule has 1 aliphatic carbocycles. The number of aryl methyl sites for hydroxylation is 1. The maximum Gasteiger partial charge on any atom is 0.309 e. The first-order valence-corrected chi connectivity index (χ1v) is 6.96.